The normalized spacial score (nSPS) is 24.6. The largest absolute Gasteiger partial charge is 0.330 e. The van der Waals surface area contributed by atoms with Crippen LogP contribution in [0.2, 0.25) is 0 Å². The predicted octanol–water partition coefficient (Wildman–Crippen LogP) is 1.99. The number of nitrogens with one attached hydrogen (secondary N) is 1. The summed E-state index contributed by atoms with van der Waals surface area (Å²) >= 11 is 0. The standard InChI is InChI=1S/C16H25N3O/c1-12-5-4-6-14(9-12)18-15(20)13(2)19-8-7-16(3,10-17)11-19/h4-6,9,13H,7-8,10-11,17H2,1-3H3,(H,18,20). The van der Waals surface area contributed by atoms with Gasteiger partial charge in [-0.3, -0.25) is 9.69 Å². The Balaban J connectivity index is 1.96. The van der Waals surface area contributed by atoms with Gasteiger partial charge in [-0.25, -0.2) is 0 Å². The van der Waals surface area contributed by atoms with Gasteiger partial charge < -0.3 is 11.1 Å². The minimum absolute atomic E-state index is 0.0527. The third-order valence-electron chi connectivity index (χ3n) is 4.29. The zero-order chi connectivity index (χ0) is 14.8. The number of carbonyl (C=O) groups is 1. The highest BCUT2D eigenvalue weighted by Crippen LogP contribution is 2.29. The number of anilines is 1. The number of hydrogen-bond acceptors (Lipinski definition) is 3. The van der Waals surface area contributed by atoms with Gasteiger partial charge in [0.2, 0.25) is 5.91 Å². The first-order valence-corrected chi connectivity index (χ1v) is 7.25. The number of carbonyl (C=O) groups excluding carboxylic acids is 1. The van der Waals surface area contributed by atoms with E-state index in [-0.39, 0.29) is 17.4 Å². The van der Waals surface area contributed by atoms with Crippen LogP contribution in [0.4, 0.5) is 5.69 Å². The van der Waals surface area contributed by atoms with Crippen LogP contribution in [0.5, 0.6) is 0 Å². The maximum atomic E-state index is 12.3. The molecule has 110 valence electrons. The van der Waals surface area contributed by atoms with Crippen molar-refractivity contribution >= 4 is 11.6 Å². The number of nitrogens with zero attached hydrogens (tertiary/aromatic N) is 1. The summed E-state index contributed by atoms with van der Waals surface area (Å²) in [6.45, 7) is 8.69. The van der Waals surface area contributed by atoms with Crippen molar-refractivity contribution in [1.29, 1.82) is 0 Å². The fraction of sp³-hybridized carbons (Fsp3) is 0.562. The van der Waals surface area contributed by atoms with E-state index in [0.29, 0.717) is 6.54 Å². The molecule has 0 radical (unpaired) electrons. The fourth-order valence-electron chi connectivity index (χ4n) is 2.69. The molecule has 4 heteroatoms. The van der Waals surface area contributed by atoms with Gasteiger partial charge >= 0.3 is 0 Å². The summed E-state index contributed by atoms with van der Waals surface area (Å²) in [6.07, 6.45) is 1.06. The van der Waals surface area contributed by atoms with Gasteiger partial charge in [0.15, 0.2) is 0 Å². The maximum Gasteiger partial charge on any atom is 0.241 e. The summed E-state index contributed by atoms with van der Waals surface area (Å²) < 4.78 is 0. The average molecular weight is 275 g/mol. The quantitative estimate of drug-likeness (QED) is 0.883. The number of nitrogens with two attached hydrogens (primary N) is 1. The topological polar surface area (TPSA) is 58.4 Å². The molecule has 1 saturated heterocycles. The molecule has 2 unspecified atom stereocenters. The molecule has 3 N–H and O–H groups in total. The minimum Gasteiger partial charge on any atom is -0.330 e. The number of benzene rings is 1. The third-order valence-corrected chi connectivity index (χ3v) is 4.29. The zero-order valence-corrected chi connectivity index (χ0v) is 12.6. The van der Waals surface area contributed by atoms with Gasteiger partial charge in [0, 0.05) is 12.2 Å². The predicted molar refractivity (Wildman–Crippen MR) is 82.6 cm³/mol. The van der Waals surface area contributed by atoms with E-state index in [1.165, 1.54) is 0 Å². The van der Waals surface area contributed by atoms with Gasteiger partial charge in [-0.05, 0) is 56.5 Å². The van der Waals surface area contributed by atoms with Crippen LogP contribution in [0.3, 0.4) is 0 Å². The molecule has 1 aliphatic rings. The second-order valence-corrected chi connectivity index (χ2v) is 6.27. The van der Waals surface area contributed by atoms with Crippen molar-refractivity contribution in [3.63, 3.8) is 0 Å². The minimum atomic E-state index is -0.121. The van der Waals surface area contributed by atoms with Crippen LogP contribution in [0, 0.1) is 12.3 Å². The molecule has 1 aromatic rings. The first-order chi connectivity index (χ1) is 9.43. The van der Waals surface area contributed by atoms with E-state index in [1.807, 2.05) is 38.1 Å². The summed E-state index contributed by atoms with van der Waals surface area (Å²) in [4.78, 5) is 14.5. The zero-order valence-electron chi connectivity index (χ0n) is 12.6. The Bertz CT molecular complexity index is 488. The second-order valence-electron chi connectivity index (χ2n) is 6.27. The summed E-state index contributed by atoms with van der Waals surface area (Å²) in [5, 5.41) is 2.99. The smallest absolute Gasteiger partial charge is 0.241 e. The number of hydrogen-bond donors (Lipinski definition) is 2. The monoisotopic (exact) mass is 275 g/mol. The van der Waals surface area contributed by atoms with Crippen LogP contribution in [-0.4, -0.2) is 36.5 Å². The number of rotatable bonds is 4. The Morgan fingerprint density at radius 2 is 2.30 bits per heavy atom. The van der Waals surface area contributed by atoms with Crippen molar-refractivity contribution in [2.75, 3.05) is 25.0 Å². The molecule has 0 aromatic heterocycles. The highest BCUT2D eigenvalue weighted by atomic mass is 16.2. The van der Waals surface area contributed by atoms with Crippen molar-refractivity contribution in [2.45, 2.75) is 33.2 Å². The molecule has 4 nitrogen and oxygen atoms in total. The van der Waals surface area contributed by atoms with Gasteiger partial charge in [-0.15, -0.1) is 0 Å². The first-order valence-electron chi connectivity index (χ1n) is 7.25. The van der Waals surface area contributed by atoms with E-state index in [1.54, 1.807) is 0 Å². The van der Waals surface area contributed by atoms with Crippen LogP contribution >= 0.6 is 0 Å². The molecule has 1 aliphatic heterocycles. The number of amides is 1. The van der Waals surface area contributed by atoms with Gasteiger partial charge in [0.25, 0.3) is 0 Å². The SMILES string of the molecule is Cc1cccc(NC(=O)C(C)N2CCC(C)(CN)C2)c1. The summed E-state index contributed by atoms with van der Waals surface area (Å²) in [5.41, 5.74) is 7.98. The molecule has 1 amide bonds. The highest BCUT2D eigenvalue weighted by molar-refractivity contribution is 5.94. The van der Waals surface area contributed by atoms with E-state index >= 15 is 0 Å². The van der Waals surface area contributed by atoms with Crippen LogP contribution in [0.1, 0.15) is 25.8 Å². The molecule has 0 bridgehead atoms. The summed E-state index contributed by atoms with van der Waals surface area (Å²) in [6, 6.07) is 7.76. The Labute approximate surface area is 121 Å². The molecule has 1 fully saturated rings. The molecular formula is C16H25N3O. The molecular weight excluding hydrogens is 250 g/mol. The summed E-state index contributed by atoms with van der Waals surface area (Å²) in [5.74, 6) is 0.0527. The van der Waals surface area contributed by atoms with Crippen LogP contribution in [-0.2, 0) is 4.79 Å². The third kappa shape index (κ3) is 3.38. The van der Waals surface area contributed by atoms with Gasteiger partial charge in [-0.1, -0.05) is 19.1 Å². The molecule has 2 atom stereocenters. The van der Waals surface area contributed by atoms with Crippen molar-refractivity contribution in [2.24, 2.45) is 11.1 Å². The Hall–Kier alpha value is -1.39. The second kappa shape index (κ2) is 5.94. The Morgan fingerprint density at radius 1 is 1.55 bits per heavy atom. The van der Waals surface area contributed by atoms with E-state index in [2.05, 4.69) is 17.1 Å². The maximum absolute atomic E-state index is 12.3. The first kappa shape index (κ1) is 15.0. The molecule has 1 aromatic carbocycles. The summed E-state index contributed by atoms with van der Waals surface area (Å²) in [7, 11) is 0. The molecule has 0 saturated carbocycles. The van der Waals surface area contributed by atoms with Gasteiger partial charge in [0.05, 0.1) is 6.04 Å². The van der Waals surface area contributed by atoms with Crippen LogP contribution in [0.25, 0.3) is 0 Å². The van der Waals surface area contributed by atoms with E-state index < -0.39 is 0 Å². The lowest BCUT2D eigenvalue weighted by molar-refractivity contribution is -0.120. The number of aryl methyl sites for hydroxylation is 1. The van der Waals surface area contributed by atoms with Gasteiger partial charge in [-0.2, -0.15) is 0 Å². The lowest BCUT2D eigenvalue weighted by Crippen LogP contribution is -2.42. The van der Waals surface area contributed by atoms with Crippen LogP contribution in [0.15, 0.2) is 24.3 Å². The van der Waals surface area contributed by atoms with Crippen LogP contribution < -0.4 is 11.1 Å². The molecule has 0 aliphatic carbocycles. The molecule has 20 heavy (non-hydrogen) atoms. The average Bonchev–Trinajstić information content (AvgIpc) is 2.81. The van der Waals surface area contributed by atoms with E-state index in [9.17, 15) is 4.79 Å². The fourth-order valence-corrected chi connectivity index (χ4v) is 2.69. The van der Waals surface area contributed by atoms with Crippen molar-refractivity contribution in [1.82, 2.24) is 4.90 Å². The Kier molecular flexibility index (Phi) is 4.45. The molecule has 0 spiro atoms. The lowest BCUT2D eigenvalue weighted by Gasteiger charge is -2.26. The van der Waals surface area contributed by atoms with E-state index in [0.717, 1.165) is 30.8 Å². The highest BCUT2D eigenvalue weighted by Gasteiger charge is 2.36. The van der Waals surface area contributed by atoms with Gasteiger partial charge in [0.1, 0.15) is 0 Å². The molecule has 2 rings (SSSR count). The number of likely N-dealkylation sites (tertiary alicyclic amines) is 1. The van der Waals surface area contributed by atoms with Crippen molar-refractivity contribution in [3.8, 4) is 0 Å². The molecule has 1 heterocycles. The lowest BCUT2D eigenvalue weighted by atomic mass is 9.90. The van der Waals surface area contributed by atoms with Crippen molar-refractivity contribution in [3.05, 3.63) is 29.8 Å². The Morgan fingerprint density at radius 3 is 2.90 bits per heavy atom. The van der Waals surface area contributed by atoms with E-state index in [4.69, 9.17) is 5.73 Å². The van der Waals surface area contributed by atoms with Crippen molar-refractivity contribution < 1.29 is 4.79 Å².